The Morgan fingerprint density at radius 2 is 2.06 bits per heavy atom. The zero-order chi connectivity index (χ0) is 11.7. The Morgan fingerprint density at radius 1 is 1.31 bits per heavy atom. The number of nitrogens with zero attached hydrogens (tertiary/aromatic N) is 2. The van der Waals surface area contributed by atoms with Gasteiger partial charge in [0.15, 0.2) is 0 Å². The fraction of sp³-hybridized carbons (Fsp3) is 0.200. The number of hydrogen-bond donors (Lipinski definition) is 2. The number of nitrogen functional groups attached to an aromatic ring is 2. The maximum Gasteiger partial charge on any atom is 0.222 e. The van der Waals surface area contributed by atoms with Crippen molar-refractivity contribution in [3.8, 4) is 10.4 Å². The lowest BCUT2D eigenvalue weighted by atomic mass is 10.1. The van der Waals surface area contributed by atoms with Gasteiger partial charge < -0.3 is 11.5 Å². The van der Waals surface area contributed by atoms with Crippen LogP contribution in [0.3, 0.4) is 0 Å². The Morgan fingerprint density at radius 3 is 2.62 bits per heavy atom. The number of aryl methyl sites for hydroxylation is 1. The van der Waals surface area contributed by atoms with Crippen molar-refractivity contribution >= 4 is 34.7 Å². The summed E-state index contributed by atoms with van der Waals surface area (Å²) in [7, 11) is 0. The molecule has 0 aliphatic rings. The van der Waals surface area contributed by atoms with Crippen LogP contribution < -0.4 is 11.5 Å². The lowest BCUT2D eigenvalue weighted by Gasteiger charge is -2.08. The third-order valence-corrected chi connectivity index (χ3v) is 3.43. The minimum Gasteiger partial charge on any atom is -0.383 e. The SMILES string of the molecule is CCc1nc(N)nc(N)c1-c1ccc(Cl)s1. The molecule has 0 atom stereocenters. The lowest BCUT2D eigenvalue weighted by Crippen LogP contribution is -2.05. The second-order valence-electron chi connectivity index (χ2n) is 3.25. The van der Waals surface area contributed by atoms with Crippen LogP contribution in [0.1, 0.15) is 12.6 Å². The van der Waals surface area contributed by atoms with Gasteiger partial charge in [0, 0.05) is 4.88 Å². The highest BCUT2D eigenvalue weighted by Crippen LogP contribution is 2.35. The molecule has 84 valence electrons. The number of nitrogens with two attached hydrogens (primary N) is 2. The summed E-state index contributed by atoms with van der Waals surface area (Å²) in [5.41, 5.74) is 13.1. The van der Waals surface area contributed by atoms with Crippen molar-refractivity contribution in [3.63, 3.8) is 0 Å². The maximum atomic E-state index is 5.90. The second-order valence-corrected chi connectivity index (χ2v) is 4.96. The number of aromatic nitrogens is 2. The van der Waals surface area contributed by atoms with E-state index in [-0.39, 0.29) is 5.95 Å². The van der Waals surface area contributed by atoms with Gasteiger partial charge in [-0.25, -0.2) is 4.98 Å². The van der Waals surface area contributed by atoms with Crippen molar-refractivity contribution in [1.82, 2.24) is 9.97 Å². The van der Waals surface area contributed by atoms with E-state index in [1.807, 2.05) is 19.1 Å². The summed E-state index contributed by atoms with van der Waals surface area (Å²) in [6, 6.07) is 3.74. The molecular formula is C10H11ClN4S. The van der Waals surface area contributed by atoms with Crippen LogP contribution in [0.15, 0.2) is 12.1 Å². The summed E-state index contributed by atoms with van der Waals surface area (Å²) in [5, 5.41) is 0. The van der Waals surface area contributed by atoms with Gasteiger partial charge >= 0.3 is 0 Å². The van der Waals surface area contributed by atoms with Crippen LogP contribution in [0.5, 0.6) is 0 Å². The van der Waals surface area contributed by atoms with Crippen LogP contribution in [-0.2, 0) is 6.42 Å². The van der Waals surface area contributed by atoms with Crippen molar-refractivity contribution in [1.29, 1.82) is 0 Å². The Kier molecular flexibility index (Phi) is 2.98. The van der Waals surface area contributed by atoms with Crippen LogP contribution in [0.2, 0.25) is 4.34 Å². The van der Waals surface area contributed by atoms with Crippen LogP contribution >= 0.6 is 22.9 Å². The van der Waals surface area contributed by atoms with Crippen LogP contribution in [0, 0.1) is 0 Å². The Hall–Kier alpha value is -1.33. The van der Waals surface area contributed by atoms with Gasteiger partial charge in [0.2, 0.25) is 5.95 Å². The molecule has 0 unspecified atom stereocenters. The molecule has 0 spiro atoms. The molecule has 16 heavy (non-hydrogen) atoms. The molecule has 2 aromatic rings. The van der Waals surface area contributed by atoms with Gasteiger partial charge in [-0.1, -0.05) is 18.5 Å². The second kappa shape index (κ2) is 4.27. The molecule has 0 bridgehead atoms. The molecule has 0 amide bonds. The third kappa shape index (κ3) is 1.96. The van der Waals surface area contributed by atoms with Gasteiger partial charge in [-0.15, -0.1) is 11.3 Å². The minimum absolute atomic E-state index is 0.209. The van der Waals surface area contributed by atoms with Gasteiger partial charge in [0.1, 0.15) is 5.82 Å². The number of rotatable bonds is 2. The van der Waals surface area contributed by atoms with Gasteiger partial charge in [-0.3, -0.25) is 0 Å². The van der Waals surface area contributed by atoms with E-state index in [0.717, 1.165) is 22.6 Å². The summed E-state index contributed by atoms with van der Waals surface area (Å²) < 4.78 is 0.716. The summed E-state index contributed by atoms with van der Waals surface area (Å²) in [6.45, 7) is 2.00. The fourth-order valence-electron chi connectivity index (χ4n) is 1.52. The first-order valence-corrected chi connectivity index (χ1v) is 5.98. The first-order valence-electron chi connectivity index (χ1n) is 4.79. The summed E-state index contributed by atoms with van der Waals surface area (Å²) >= 11 is 7.36. The van der Waals surface area contributed by atoms with E-state index in [9.17, 15) is 0 Å². The maximum absolute atomic E-state index is 5.90. The van der Waals surface area contributed by atoms with Crippen LogP contribution in [0.4, 0.5) is 11.8 Å². The molecule has 0 fully saturated rings. The molecule has 0 saturated heterocycles. The normalized spacial score (nSPS) is 10.6. The van der Waals surface area contributed by atoms with E-state index in [1.54, 1.807) is 0 Å². The number of halogens is 1. The number of hydrogen-bond acceptors (Lipinski definition) is 5. The molecule has 0 aromatic carbocycles. The minimum atomic E-state index is 0.209. The van der Waals surface area contributed by atoms with Crippen molar-refractivity contribution in [2.24, 2.45) is 0 Å². The lowest BCUT2D eigenvalue weighted by molar-refractivity contribution is 1.02. The summed E-state index contributed by atoms with van der Waals surface area (Å²) in [5.74, 6) is 0.614. The summed E-state index contributed by atoms with van der Waals surface area (Å²) in [4.78, 5) is 9.14. The van der Waals surface area contributed by atoms with E-state index < -0.39 is 0 Å². The van der Waals surface area contributed by atoms with Gasteiger partial charge in [0.25, 0.3) is 0 Å². The number of anilines is 2. The van der Waals surface area contributed by atoms with Gasteiger partial charge in [0.05, 0.1) is 15.6 Å². The highest BCUT2D eigenvalue weighted by molar-refractivity contribution is 7.19. The molecule has 2 aromatic heterocycles. The van der Waals surface area contributed by atoms with Crippen LogP contribution in [-0.4, -0.2) is 9.97 Å². The van der Waals surface area contributed by atoms with Crippen molar-refractivity contribution in [3.05, 3.63) is 22.2 Å². The van der Waals surface area contributed by atoms with E-state index in [2.05, 4.69) is 9.97 Å². The highest BCUT2D eigenvalue weighted by atomic mass is 35.5. The van der Waals surface area contributed by atoms with E-state index >= 15 is 0 Å². The molecule has 4 nitrogen and oxygen atoms in total. The standard InChI is InChI=1S/C10H11ClN4S/c1-2-5-8(6-3-4-7(11)16-6)9(12)15-10(13)14-5/h3-4H,2H2,1H3,(H4,12,13,14,15). The Balaban J connectivity index is 2.63. The summed E-state index contributed by atoms with van der Waals surface area (Å²) in [6.07, 6.45) is 0.752. The van der Waals surface area contributed by atoms with Gasteiger partial charge in [-0.05, 0) is 18.6 Å². The molecule has 0 radical (unpaired) electrons. The van der Waals surface area contributed by atoms with Gasteiger partial charge in [-0.2, -0.15) is 4.98 Å². The molecule has 2 rings (SSSR count). The Bertz CT molecular complexity index is 524. The molecular weight excluding hydrogens is 244 g/mol. The first-order chi connectivity index (χ1) is 7.61. The smallest absolute Gasteiger partial charge is 0.222 e. The molecule has 0 aliphatic heterocycles. The molecule has 0 saturated carbocycles. The zero-order valence-electron chi connectivity index (χ0n) is 8.70. The van der Waals surface area contributed by atoms with E-state index in [0.29, 0.717) is 10.2 Å². The highest BCUT2D eigenvalue weighted by Gasteiger charge is 2.13. The van der Waals surface area contributed by atoms with Crippen molar-refractivity contribution in [2.45, 2.75) is 13.3 Å². The molecule has 0 aliphatic carbocycles. The zero-order valence-corrected chi connectivity index (χ0v) is 10.3. The predicted octanol–water partition coefficient (Wildman–Crippen LogP) is 2.59. The monoisotopic (exact) mass is 254 g/mol. The first kappa shape index (κ1) is 11.2. The average molecular weight is 255 g/mol. The predicted molar refractivity (Wildman–Crippen MR) is 68.6 cm³/mol. The third-order valence-electron chi connectivity index (χ3n) is 2.18. The van der Waals surface area contributed by atoms with E-state index in [1.165, 1.54) is 11.3 Å². The number of thiophene rings is 1. The van der Waals surface area contributed by atoms with Crippen LogP contribution in [0.25, 0.3) is 10.4 Å². The molecule has 2 heterocycles. The van der Waals surface area contributed by atoms with Crippen molar-refractivity contribution < 1.29 is 0 Å². The quantitative estimate of drug-likeness (QED) is 0.864. The molecule has 4 N–H and O–H groups in total. The molecule has 6 heteroatoms. The largest absolute Gasteiger partial charge is 0.383 e. The average Bonchev–Trinajstić information content (AvgIpc) is 2.63. The van der Waals surface area contributed by atoms with E-state index in [4.69, 9.17) is 23.1 Å². The fourth-order valence-corrected chi connectivity index (χ4v) is 2.64. The van der Waals surface area contributed by atoms with Crippen molar-refractivity contribution in [2.75, 3.05) is 11.5 Å². The topological polar surface area (TPSA) is 77.8 Å². The Labute approximate surface area is 102 Å².